The minimum Gasteiger partial charge on any atom is -0.365 e. The Hall–Kier alpha value is -2.14. The van der Waals surface area contributed by atoms with Gasteiger partial charge in [-0.1, -0.05) is 6.07 Å². The fourth-order valence-electron chi connectivity index (χ4n) is 1.84. The molecule has 3 heterocycles. The van der Waals surface area contributed by atoms with E-state index in [2.05, 4.69) is 25.3 Å². The zero-order valence-electron chi connectivity index (χ0n) is 10.3. The highest BCUT2D eigenvalue weighted by Gasteiger charge is 2.07. The van der Waals surface area contributed by atoms with Crippen LogP contribution in [0.15, 0.2) is 30.6 Å². The predicted octanol–water partition coefficient (Wildman–Crippen LogP) is 2.93. The van der Waals surface area contributed by atoms with E-state index in [0.717, 1.165) is 28.1 Å². The SMILES string of the molecule is Cc1ccc(CNc2nc(Cl)nc3[nH]ccc23)cn1. The molecule has 0 aliphatic heterocycles. The van der Waals surface area contributed by atoms with E-state index >= 15 is 0 Å². The van der Waals surface area contributed by atoms with E-state index in [0.29, 0.717) is 6.54 Å². The van der Waals surface area contributed by atoms with Crippen molar-refractivity contribution in [2.45, 2.75) is 13.5 Å². The summed E-state index contributed by atoms with van der Waals surface area (Å²) in [6, 6.07) is 5.93. The molecule has 0 fully saturated rings. The second kappa shape index (κ2) is 4.85. The number of pyridine rings is 1. The third kappa shape index (κ3) is 2.51. The van der Waals surface area contributed by atoms with Crippen LogP contribution in [-0.2, 0) is 6.54 Å². The molecule has 96 valence electrons. The fraction of sp³-hybridized carbons (Fsp3) is 0.154. The van der Waals surface area contributed by atoms with Crippen molar-refractivity contribution in [2.24, 2.45) is 0 Å². The first-order valence-electron chi connectivity index (χ1n) is 5.88. The number of anilines is 1. The fourth-order valence-corrected chi connectivity index (χ4v) is 2.01. The number of halogens is 1. The average molecular weight is 274 g/mol. The summed E-state index contributed by atoms with van der Waals surface area (Å²) in [6.45, 7) is 2.60. The molecular formula is C13H12ClN5. The average Bonchev–Trinajstić information content (AvgIpc) is 2.85. The van der Waals surface area contributed by atoms with Gasteiger partial charge in [0.25, 0.3) is 0 Å². The van der Waals surface area contributed by atoms with Crippen LogP contribution in [0.2, 0.25) is 5.28 Å². The second-order valence-corrected chi connectivity index (χ2v) is 4.58. The molecule has 3 rings (SSSR count). The van der Waals surface area contributed by atoms with E-state index in [-0.39, 0.29) is 5.28 Å². The number of aryl methyl sites for hydroxylation is 1. The number of hydrogen-bond donors (Lipinski definition) is 2. The molecule has 0 aromatic carbocycles. The van der Waals surface area contributed by atoms with E-state index in [1.54, 1.807) is 0 Å². The number of hydrogen-bond acceptors (Lipinski definition) is 4. The van der Waals surface area contributed by atoms with Gasteiger partial charge >= 0.3 is 0 Å². The molecule has 0 radical (unpaired) electrons. The number of nitrogens with one attached hydrogen (secondary N) is 2. The van der Waals surface area contributed by atoms with Gasteiger partial charge in [0.05, 0.1) is 5.39 Å². The maximum absolute atomic E-state index is 5.89. The predicted molar refractivity (Wildman–Crippen MR) is 75.2 cm³/mol. The van der Waals surface area contributed by atoms with Gasteiger partial charge in [0.15, 0.2) is 0 Å². The second-order valence-electron chi connectivity index (χ2n) is 4.24. The van der Waals surface area contributed by atoms with Gasteiger partial charge < -0.3 is 10.3 Å². The minimum absolute atomic E-state index is 0.222. The van der Waals surface area contributed by atoms with Crippen molar-refractivity contribution in [1.29, 1.82) is 0 Å². The standard InChI is InChI=1S/C13H12ClN5/c1-8-2-3-9(6-16-8)7-17-12-10-4-5-15-11(10)18-13(14)19-12/h2-6H,7H2,1H3,(H2,15,17,18,19). The molecule has 0 saturated carbocycles. The van der Waals surface area contributed by atoms with Gasteiger partial charge in [0.2, 0.25) is 5.28 Å². The van der Waals surface area contributed by atoms with Gasteiger partial charge in [0, 0.05) is 24.6 Å². The molecule has 0 saturated heterocycles. The minimum atomic E-state index is 0.222. The first kappa shape index (κ1) is 11.9. The molecule has 3 aromatic rings. The van der Waals surface area contributed by atoms with Gasteiger partial charge in [0.1, 0.15) is 11.5 Å². The van der Waals surface area contributed by atoms with Crippen LogP contribution in [0.25, 0.3) is 11.0 Å². The van der Waals surface area contributed by atoms with Crippen LogP contribution in [0.3, 0.4) is 0 Å². The molecule has 3 aromatic heterocycles. The van der Waals surface area contributed by atoms with Crippen molar-refractivity contribution >= 4 is 28.5 Å². The molecular weight excluding hydrogens is 262 g/mol. The van der Waals surface area contributed by atoms with Crippen LogP contribution < -0.4 is 5.32 Å². The third-order valence-corrected chi connectivity index (χ3v) is 2.99. The maximum Gasteiger partial charge on any atom is 0.226 e. The van der Waals surface area contributed by atoms with Gasteiger partial charge in [-0.15, -0.1) is 0 Å². The lowest BCUT2D eigenvalue weighted by atomic mass is 10.2. The highest BCUT2D eigenvalue weighted by Crippen LogP contribution is 2.21. The number of rotatable bonds is 3. The molecule has 6 heteroatoms. The van der Waals surface area contributed by atoms with Crippen LogP contribution in [-0.4, -0.2) is 19.9 Å². The Morgan fingerprint density at radius 2 is 2.16 bits per heavy atom. The Kier molecular flexibility index (Phi) is 3.05. The summed E-state index contributed by atoms with van der Waals surface area (Å²) < 4.78 is 0. The van der Waals surface area contributed by atoms with Crippen molar-refractivity contribution in [1.82, 2.24) is 19.9 Å². The quantitative estimate of drug-likeness (QED) is 0.720. The Balaban J connectivity index is 1.85. The molecule has 0 unspecified atom stereocenters. The summed E-state index contributed by atoms with van der Waals surface area (Å²) in [5.41, 5.74) is 2.82. The number of H-pyrrole nitrogens is 1. The molecule has 0 amide bonds. The molecule has 0 aliphatic carbocycles. The lowest BCUT2D eigenvalue weighted by Crippen LogP contribution is -2.03. The Bertz CT molecular complexity index is 705. The number of aromatic amines is 1. The summed E-state index contributed by atoms with van der Waals surface area (Å²) in [5.74, 6) is 0.719. The summed E-state index contributed by atoms with van der Waals surface area (Å²) in [6.07, 6.45) is 3.66. The van der Waals surface area contributed by atoms with Gasteiger partial charge in [-0.25, -0.2) is 4.98 Å². The number of aromatic nitrogens is 4. The Labute approximate surface area is 115 Å². The zero-order chi connectivity index (χ0) is 13.2. The summed E-state index contributed by atoms with van der Waals surface area (Å²) in [5, 5.41) is 4.40. The normalized spacial score (nSPS) is 10.8. The Morgan fingerprint density at radius 1 is 1.26 bits per heavy atom. The third-order valence-electron chi connectivity index (χ3n) is 2.82. The number of nitrogens with zero attached hydrogens (tertiary/aromatic N) is 3. The summed E-state index contributed by atoms with van der Waals surface area (Å²) >= 11 is 5.89. The van der Waals surface area contributed by atoms with Crippen molar-refractivity contribution in [3.8, 4) is 0 Å². The van der Waals surface area contributed by atoms with Crippen LogP contribution in [0.5, 0.6) is 0 Å². The van der Waals surface area contributed by atoms with E-state index < -0.39 is 0 Å². The van der Waals surface area contributed by atoms with Crippen LogP contribution >= 0.6 is 11.6 Å². The van der Waals surface area contributed by atoms with Gasteiger partial charge in [-0.05, 0) is 36.2 Å². The first-order chi connectivity index (χ1) is 9.22. The van der Waals surface area contributed by atoms with E-state index in [1.165, 1.54) is 0 Å². The zero-order valence-corrected chi connectivity index (χ0v) is 11.1. The molecule has 2 N–H and O–H groups in total. The highest BCUT2D eigenvalue weighted by atomic mass is 35.5. The number of fused-ring (bicyclic) bond motifs is 1. The van der Waals surface area contributed by atoms with Crippen molar-refractivity contribution in [2.75, 3.05) is 5.32 Å². The summed E-state index contributed by atoms with van der Waals surface area (Å²) in [7, 11) is 0. The van der Waals surface area contributed by atoms with Crippen molar-refractivity contribution in [3.63, 3.8) is 0 Å². The molecule has 0 bridgehead atoms. The lowest BCUT2D eigenvalue weighted by Gasteiger charge is -2.07. The molecule has 5 nitrogen and oxygen atoms in total. The Morgan fingerprint density at radius 3 is 2.95 bits per heavy atom. The largest absolute Gasteiger partial charge is 0.365 e. The van der Waals surface area contributed by atoms with Crippen LogP contribution in [0.1, 0.15) is 11.3 Å². The van der Waals surface area contributed by atoms with Crippen molar-refractivity contribution in [3.05, 3.63) is 47.1 Å². The van der Waals surface area contributed by atoms with Gasteiger partial charge in [-0.3, -0.25) is 4.98 Å². The van der Waals surface area contributed by atoms with Crippen molar-refractivity contribution < 1.29 is 0 Å². The van der Waals surface area contributed by atoms with E-state index in [9.17, 15) is 0 Å². The first-order valence-corrected chi connectivity index (χ1v) is 6.26. The highest BCUT2D eigenvalue weighted by molar-refractivity contribution is 6.28. The van der Waals surface area contributed by atoms with E-state index in [1.807, 2.05) is 37.5 Å². The molecule has 0 aliphatic rings. The maximum atomic E-state index is 5.89. The van der Waals surface area contributed by atoms with E-state index in [4.69, 9.17) is 11.6 Å². The monoisotopic (exact) mass is 273 g/mol. The molecule has 0 spiro atoms. The lowest BCUT2D eigenvalue weighted by molar-refractivity contribution is 1.06. The van der Waals surface area contributed by atoms with Crippen LogP contribution in [0, 0.1) is 6.92 Å². The molecule has 19 heavy (non-hydrogen) atoms. The van der Waals surface area contributed by atoms with Gasteiger partial charge in [-0.2, -0.15) is 4.98 Å². The molecule has 0 atom stereocenters. The van der Waals surface area contributed by atoms with Crippen LogP contribution in [0.4, 0.5) is 5.82 Å². The summed E-state index contributed by atoms with van der Waals surface area (Å²) in [4.78, 5) is 15.6. The topological polar surface area (TPSA) is 66.5 Å². The smallest absolute Gasteiger partial charge is 0.226 e.